The molecule has 0 bridgehead atoms. The summed E-state index contributed by atoms with van der Waals surface area (Å²) in [6.45, 7) is 0. The van der Waals surface area contributed by atoms with Crippen molar-refractivity contribution in [3.05, 3.63) is 25.4 Å². The number of aromatic nitrogens is 1. The molecule has 0 amide bonds. The highest BCUT2D eigenvalue weighted by Crippen LogP contribution is 2.35. The van der Waals surface area contributed by atoms with Gasteiger partial charge in [0, 0.05) is 28.7 Å². The van der Waals surface area contributed by atoms with Crippen LogP contribution in [0.3, 0.4) is 0 Å². The van der Waals surface area contributed by atoms with Crippen LogP contribution in [-0.2, 0) is 4.74 Å². The quantitative estimate of drug-likeness (QED) is 0.258. The van der Waals surface area contributed by atoms with Crippen LogP contribution < -0.4 is 4.74 Å². The van der Waals surface area contributed by atoms with E-state index < -0.39 is 34.4 Å². The molecule has 0 spiro atoms. The molecule has 0 unspecified atom stereocenters. The molecular weight excluding hydrogens is 388 g/mol. The van der Waals surface area contributed by atoms with E-state index in [9.17, 15) is 28.1 Å². The Labute approximate surface area is 117 Å². The van der Waals surface area contributed by atoms with Crippen LogP contribution in [0.25, 0.3) is 0 Å². The summed E-state index contributed by atoms with van der Waals surface area (Å²) >= 11 is 1.51. The molecule has 1 heterocycles. The lowest BCUT2D eigenvalue weighted by molar-refractivity contribution is -0.393. The third-order valence-electron chi connectivity index (χ3n) is 1.72. The van der Waals surface area contributed by atoms with E-state index in [1.807, 2.05) is 0 Å². The highest BCUT2D eigenvalue weighted by molar-refractivity contribution is 14.1. The van der Waals surface area contributed by atoms with Gasteiger partial charge in [0.15, 0.2) is 0 Å². The van der Waals surface area contributed by atoms with Gasteiger partial charge in [-0.1, -0.05) is 0 Å². The summed E-state index contributed by atoms with van der Waals surface area (Å²) in [5.41, 5.74) is -0.731. The highest BCUT2D eigenvalue weighted by atomic mass is 127. The van der Waals surface area contributed by atoms with E-state index in [1.165, 1.54) is 22.6 Å². The average Bonchev–Trinajstić information content (AvgIpc) is 2.27. The minimum Gasteiger partial charge on any atom is -0.465 e. The highest BCUT2D eigenvalue weighted by Gasteiger charge is 2.38. The number of ether oxygens (including phenoxy) is 2. The van der Waals surface area contributed by atoms with Gasteiger partial charge in [-0.25, -0.2) is 4.79 Å². The monoisotopic (exact) mass is 392 g/mol. The summed E-state index contributed by atoms with van der Waals surface area (Å²) in [6.07, 6.45) is -5.21. The summed E-state index contributed by atoms with van der Waals surface area (Å²) in [4.78, 5) is 24.1. The number of hydrogen-bond donors (Lipinski definition) is 0. The van der Waals surface area contributed by atoms with Gasteiger partial charge in [-0.15, -0.1) is 13.2 Å². The van der Waals surface area contributed by atoms with Gasteiger partial charge in [0.2, 0.25) is 9.45 Å². The molecule has 0 atom stereocenters. The standard InChI is InChI=1S/C8H4F3IN2O5/c1-18-7(15)3-2-4(12)13-6(14(16)17)5(3)19-8(9,10)11/h2H,1H3. The summed E-state index contributed by atoms with van der Waals surface area (Å²) in [5.74, 6) is -3.72. The van der Waals surface area contributed by atoms with Gasteiger partial charge in [0.05, 0.1) is 7.11 Å². The van der Waals surface area contributed by atoms with Crippen molar-refractivity contribution in [1.82, 2.24) is 4.98 Å². The lowest BCUT2D eigenvalue weighted by Gasteiger charge is -2.11. The number of pyridine rings is 1. The predicted molar refractivity (Wildman–Crippen MR) is 61.6 cm³/mol. The number of carbonyl (C=O) groups excluding carboxylic acids is 1. The van der Waals surface area contributed by atoms with Gasteiger partial charge in [0.1, 0.15) is 5.56 Å². The number of alkyl halides is 3. The Balaban J connectivity index is 3.51. The predicted octanol–water partition coefficient (Wildman–Crippen LogP) is 2.28. The van der Waals surface area contributed by atoms with E-state index in [0.717, 1.165) is 13.2 Å². The average molecular weight is 392 g/mol. The maximum atomic E-state index is 12.2. The van der Waals surface area contributed by atoms with Gasteiger partial charge < -0.3 is 19.6 Å². The number of nitro groups is 1. The molecule has 1 aromatic rings. The van der Waals surface area contributed by atoms with Crippen LogP contribution in [0, 0.1) is 13.8 Å². The fraction of sp³-hybridized carbons (Fsp3) is 0.250. The zero-order valence-corrected chi connectivity index (χ0v) is 11.2. The minimum atomic E-state index is -5.21. The summed E-state index contributed by atoms with van der Waals surface area (Å²) in [7, 11) is 0.916. The van der Waals surface area contributed by atoms with Crippen LogP contribution in [0.1, 0.15) is 10.4 Å². The Kier molecular flexibility index (Phi) is 4.49. The molecule has 0 saturated heterocycles. The minimum absolute atomic E-state index is 0.0563. The Bertz CT molecular complexity index is 534. The van der Waals surface area contributed by atoms with Crippen molar-refractivity contribution in [2.24, 2.45) is 0 Å². The second-order valence-corrected chi connectivity index (χ2v) is 4.05. The lowest BCUT2D eigenvalue weighted by atomic mass is 10.2. The molecule has 0 aromatic carbocycles. The first-order valence-electron chi connectivity index (χ1n) is 4.34. The molecule has 0 aliphatic rings. The van der Waals surface area contributed by atoms with E-state index in [-0.39, 0.29) is 3.70 Å². The molecule has 0 aliphatic heterocycles. The van der Waals surface area contributed by atoms with Gasteiger partial charge in [-0.2, -0.15) is 0 Å². The third-order valence-corrected chi connectivity index (χ3v) is 2.27. The third kappa shape index (κ3) is 3.90. The molecule has 1 rings (SSSR count). The van der Waals surface area contributed by atoms with E-state index in [4.69, 9.17) is 0 Å². The van der Waals surface area contributed by atoms with E-state index in [0.29, 0.717) is 0 Å². The first-order valence-corrected chi connectivity index (χ1v) is 5.42. The summed E-state index contributed by atoms with van der Waals surface area (Å²) in [6, 6.07) is 0.889. The van der Waals surface area contributed by atoms with E-state index in [2.05, 4.69) is 14.5 Å². The van der Waals surface area contributed by atoms with Crippen molar-refractivity contribution in [3.63, 3.8) is 0 Å². The van der Waals surface area contributed by atoms with Crippen molar-refractivity contribution < 1.29 is 32.4 Å². The Morgan fingerprint density at radius 1 is 1.53 bits per heavy atom. The van der Waals surface area contributed by atoms with Crippen LogP contribution >= 0.6 is 22.6 Å². The SMILES string of the molecule is COC(=O)c1cc(I)nc([N+](=O)[O-])c1OC(F)(F)F. The molecule has 1 aromatic heterocycles. The number of halogens is 4. The van der Waals surface area contributed by atoms with Crippen LogP contribution in [-0.4, -0.2) is 29.3 Å². The van der Waals surface area contributed by atoms with Gasteiger partial charge in [-0.05, 0) is 9.91 Å². The second-order valence-electron chi connectivity index (χ2n) is 2.94. The van der Waals surface area contributed by atoms with Gasteiger partial charge in [-0.3, -0.25) is 0 Å². The number of rotatable bonds is 3. The summed E-state index contributed by atoms with van der Waals surface area (Å²) < 4.78 is 44.3. The summed E-state index contributed by atoms with van der Waals surface area (Å²) in [5, 5.41) is 10.7. The first kappa shape index (κ1) is 15.4. The van der Waals surface area contributed by atoms with Crippen LogP contribution in [0.2, 0.25) is 0 Å². The largest absolute Gasteiger partial charge is 0.573 e. The Morgan fingerprint density at radius 2 is 2.11 bits per heavy atom. The topological polar surface area (TPSA) is 91.6 Å². The maximum Gasteiger partial charge on any atom is 0.573 e. The molecule has 11 heteroatoms. The molecule has 0 saturated carbocycles. The van der Waals surface area contributed by atoms with Crippen molar-refractivity contribution in [2.45, 2.75) is 6.36 Å². The zero-order valence-electron chi connectivity index (χ0n) is 9.02. The maximum absolute atomic E-state index is 12.2. The van der Waals surface area contributed by atoms with Crippen molar-refractivity contribution in [2.75, 3.05) is 7.11 Å². The number of carbonyl (C=O) groups is 1. The Hall–Kier alpha value is -1.66. The molecule has 7 nitrogen and oxygen atoms in total. The van der Waals surface area contributed by atoms with E-state index >= 15 is 0 Å². The molecule has 0 fully saturated rings. The van der Waals surface area contributed by atoms with Crippen molar-refractivity contribution in [3.8, 4) is 5.75 Å². The Morgan fingerprint density at radius 3 is 2.53 bits per heavy atom. The van der Waals surface area contributed by atoms with Gasteiger partial charge >= 0.3 is 18.1 Å². The van der Waals surface area contributed by atoms with Crippen molar-refractivity contribution in [1.29, 1.82) is 0 Å². The fourth-order valence-electron chi connectivity index (χ4n) is 1.09. The lowest BCUT2D eigenvalue weighted by Crippen LogP contribution is -2.21. The molecular formula is C8H4F3IN2O5. The number of hydrogen-bond acceptors (Lipinski definition) is 6. The normalized spacial score (nSPS) is 11.0. The smallest absolute Gasteiger partial charge is 0.465 e. The van der Waals surface area contributed by atoms with Gasteiger partial charge in [0.25, 0.3) is 0 Å². The molecule has 0 aliphatic carbocycles. The first-order chi connectivity index (χ1) is 8.65. The van der Waals surface area contributed by atoms with Crippen LogP contribution in [0.4, 0.5) is 19.0 Å². The number of nitrogens with zero attached hydrogens (tertiary/aromatic N) is 2. The fourth-order valence-corrected chi connectivity index (χ4v) is 1.63. The number of esters is 1. The zero-order chi connectivity index (χ0) is 14.8. The molecule has 104 valence electrons. The second kappa shape index (κ2) is 5.54. The van der Waals surface area contributed by atoms with Crippen LogP contribution in [0.15, 0.2) is 6.07 Å². The van der Waals surface area contributed by atoms with E-state index in [1.54, 1.807) is 0 Å². The molecule has 0 radical (unpaired) electrons. The molecule has 0 N–H and O–H groups in total. The van der Waals surface area contributed by atoms with Crippen molar-refractivity contribution >= 4 is 34.4 Å². The molecule has 19 heavy (non-hydrogen) atoms. The van der Waals surface area contributed by atoms with Crippen LogP contribution in [0.5, 0.6) is 5.75 Å². The number of methoxy groups -OCH3 is 1.